The van der Waals surface area contributed by atoms with Gasteiger partial charge in [0.15, 0.2) is 0 Å². The molecule has 0 spiro atoms. The fourth-order valence-corrected chi connectivity index (χ4v) is 3.81. The van der Waals surface area contributed by atoms with Gasteiger partial charge in [0.05, 0.1) is 6.04 Å². The van der Waals surface area contributed by atoms with E-state index in [9.17, 15) is 4.79 Å². The second-order valence-electron chi connectivity index (χ2n) is 7.25. The van der Waals surface area contributed by atoms with Gasteiger partial charge < -0.3 is 15.5 Å². The Bertz CT molecular complexity index is 562. The molecule has 132 valence electrons. The Kier molecular flexibility index (Phi) is 5.74. The molecular formula is C19H30N4O. The quantitative estimate of drug-likeness (QED) is 0.834. The zero-order valence-electron chi connectivity index (χ0n) is 14.9. The number of nitrogens with zero attached hydrogens (tertiary/aromatic N) is 2. The van der Waals surface area contributed by atoms with Gasteiger partial charge in [0.25, 0.3) is 0 Å². The Morgan fingerprint density at radius 1 is 1.21 bits per heavy atom. The molecule has 0 aromatic heterocycles. The number of piperazine rings is 1. The predicted octanol–water partition coefficient (Wildman–Crippen LogP) is 2.00. The van der Waals surface area contributed by atoms with Crippen LogP contribution >= 0.6 is 0 Å². The van der Waals surface area contributed by atoms with Crippen LogP contribution in [0.3, 0.4) is 0 Å². The summed E-state index contributed by atoms with van der Waals surface area (Å²) >= 11 is 0. The van der Waals surface area contributed by atoms with Gasteiger partial charge in [-0.3, -0.25) is 4.90 Å². The Morgan fingerprint density at radius 2 is 2.04 bits per heavy atom. The van der Waals surface area contributed by atoms with Gasteiger partial charge in [-0.1, -0.05) is 30.7 Å². The van der Waals surface area contributed by atoms with Crippen molar-refractivity contribution in [2.45, 2.75) is 37.8 Å². The van der Waals surface area contributed by atoms with E-state index in [-0.39, 0.29) is 12.1 Å². The normalized spacial score (nSPS) is 25.6. The number of amides is 2. The van der Waals surface area contributed by atoms with Gasteiger partial charge in [-0.2, -0.15) is 0 Å². The van der Waals surface area contributed by atoms with Crippen molar-refractivity contribution in [3.8, 4) is 0 Å². The molecule has 1 aromatic carbocycles. The monoisotopic (exact) mass is 330 g/mol. The average molecular weight is 330 g/mol. The van der Waals surface area contributed by atoms with Crippen molar-refractivity contribution in [2.24, 2.45) is 0 Å². The summed E-state index contributed by atoms with van der Waals surface area (Å²) in [6.45, 7) is 3.85. The number of aryl methyl sites for hydroxylation is 1. The van der Waals surface area contributed by atoms with Gasteiger partial charge in [-0.05, 0) is 44.5 Å². The van der Waals surface area contributed by atoms with Crippen LogP contribution in [0.1, 0.15) is 36.4 Å². The summed E-state index contributed by atoms with van der Waals surface area (Å²) in [7, 11) is 4.28. The second-order valence-corrected chi connectivity index (χ2v) is 7.25. The first kappa shape index (κ1) is 17.2. The number of urea groups is 1. The highest BCUT2D eigenvalue weighted by Gasteiger charge is 2.24. The second kappa shape index (κ2) is 7.99. The minimum absolute atomic E-state index is 0.0432. The van der Waals surface area contributed by atoms with Crippen LogP contribution in [0.2, 0.25) is 0 Å². The maximum Gasteiger partial charge on any atom is 0.315 e. The highest BCUT2D eigenvalue weighted by Crippen LogP contribution is 2.28. The maximum atomic E-state index is 12.4. The molecule has 5 heteroatoms. The molecule has 1 fully saturated rings. The third-order valence-corrected chi connectivity index (χ3v) is 5.40. The number of likely N-dealkylation sites (N-methyl/N-ethyl adjacent to an activating group) is 2. The van der Waals surface area contributed by atoms with Gasteiger partial charge in [0.1, 0.15) is 0 Å². The number of carbonyl (C=O) groups excluding carboxylic acids is 1. The van der Waals surface area contributed by atoms with E-state index in [0.29, 0.717) is 12.6 Å². The first-order valence-corrected chi connectivity index (χ1v) is 9.14. The molecule has 0 radical (unpaired) electrons. The summed E-state index contributed by atoms with van der Waals surface area (Å²) in [4.78, 5) is 17.1. The molecule has 1 aliphatic carbocycles. The molecule has 1 aliphatic heterocycles. The summed E-state index contributed by atoms with van der Waals surface area (Å²) in [5.41, 5.74) is 2.67. The van der Waals surface area contributed by atoms with E-state index in [1.54, 1.807) is 0 Å². The number of rotatable bonds is 3. The third kappa shape index (κ3) is 4.28. The van der Waals surface area contributed by atoms with Crippen molar-refractivity contribution < 1.29 is 4.79 Å². The predicted molar refractivity (Wildman–Crippen MR) is 97.2 cm³/mol. The third-order valence-electron chi connectivity index (χ3n) is 5.40. The standard InChI is InChI=1S/C19H30N4O/c1-22-11-12-23(2)16(14-22)13-20-19(24)21-18-10-6-4-8-15-7-3-5-9-17(15)18/h3,5,7,9,16,18H,4,6,8,10-14H2,1-2H3,(H2,20,21,24)/t16-,18+/m0/s1. The van der Waals surface area contributed by atoms with Gasteiger partial charge in [-0.15, -0.1) is 0 Å². The lowest BCUT2D eigenvalue weighted by molar-refractivity contribution is 0.114. The number of carbonyl (C=O) groups is 1. The lowest BCUT2D eigenvalue weighted by atomic mass is 9.99. The Labute approximate surface area is 145 Å². The van der Waals surface area contributed by atoms with Gasteiger partial charge in [0, 0.05) is 32.2 Å². The molecule has 2 atom stereocenters. The summed E-state index contributed by atoms with van der Waals surface area (Å²) in [6.07, 6.45) is 4.51. The zero-order valence-corrected chi connectivity index (χ0v) is 14.9. The van der Waals surface area contributed by atoms with Crippen LogP contribution in [0.5, 0.6) is 0 Å². The van der Waals surface area contributed by atoms with Crippen LogP contribution in [-0.2, 0) is 6.42 Å². The molecular weight excluding hydrogens is 300 g/mol. The van der Waals surface area contributed by atoms with E-state index in [1.165, 1.54) is 17.5 Å². The van der Waals surface area contributed by atoms with Gasteiger partial charge in [0.2, 0.25) is 0 Å². The largest absolute Gasteiger partial charge is 0.337 e. The number of hydrogen-bond acceptors (Lipinski definition) is 3. The molecule has 24 heavy (non-hydrogen) atoms. The van der Waals surface area contributed by atoms with Gasteiger partial charge >= 0.3 is 6.03 Å². The molecule has 0 bridgehead atoms. The van der Waals surface area contributed by atoms with Crippen LogP contribution in [0.25, 0.3) is 0 Å². The topological polar surface area (TPSA) is 47.6 Å². The SMILES string of the molecule is CN1CCN(C)[C@@H](CNC(=O)N[C@@H]2CCCCc3ccccc32)C1. The Balaban J connectivity index is 1.55. The van der Waals surface area contributed by atoms with Crippen molar-refractivity contribution in [1.82, 2.24) is 20.4 Å². The van der Waals surface area contributed by atoms with E-state index in [1.807, 2.05) is 0 Å². The molecule has 0 unspecified atom stereocenters. The minimum Gasteiger partial charge on any atom is -0.337 e. The Morgan fingerprint density at radius 3 is 2.92 bits per heavy atom. The van der Waals surface area contributed by atoms with E-state index < -0.39 is 0 Å². The van der Waals surface area contributed by atoms with Crippen molar-refractivity contribution in [2.75, 3.05) is 40.3 Å². The van der Waals surface area contributed by atoms with E-state index in [0.717, 1.165) is 38.9 Å². The molecule has 0 saturated carbocycles. The fourth-order valence-electron chi connectivity index (χ4n) is 3.81. The molecule has 2 N–H and O–H groups in total. The number of nitrogens with one attached hydrogen (secondary N) is 2. The van der Waals surface area contributed by atoms with Crippen LogP contribution < -0.4 is 10.6 Å². The molecule has 1 saturated heterocycles. The van der Waals surface area contributed by atoms with E-state index in [4.69, 9.17) is 0 Å². The molecule has 1 aromatic rings. The number of fused-ring (bicyclic) bond motifs is 1. The minimum atomic E-state index is -0.0432. The van der Waals surface area contributed by atoms with E-state index >= 15 is 0 Å². The lowest BCUT2D eigenvalue weighted by Crippen LogP contribution is -2.55. The molecule has 2 amide bonds. The molecule has 1 heterocycles. The van der Waals surface area contributed by atoms with Crippen molar-refractivity contribution in [3.05, 3.63) is 35.4 Å². The number of hydrogen-bond donors (Lipinski definition) is 2. The van der Waals surface area contributed by atoms with Crippen molar-refractivity contribution >= 4 is 6.03 Å². The first-order chi connectivity index (χ1) is 11.6. The van der Waals surface area contributed by atoms with Crippen LogP contribution in [0.15, 0.2) is 24.3 Å². The van der Waals surface area contributed by atoms with Crippen molar-refractivity contribution in [3.63, 3.8) is 0 Å². The summed E-state index contributed by atoms with van der Waals surface area (Å²) in [5, 5.41) is 6.28. The van der Waals surface area contributed by atoms with Gasteiger partial charge in [-0.25, -0.2) is 4.79 Å². The average Bonchev–Trinajstić information content (AvgIpc) is 2.78. The summed E-state index contributed by atoms with van der Waals surface area (Å²) < 4.78 is 0. The first-order valence-electron chi connectivity index (χ1n) is 9.14. The molecule has 5 nitrogen and oxygen atoms in total. The van der Waals surface area contributed by atoms with Crippen LogP contribution in [0, 0.1) is 0 Å². The summed E-state index contributed by atoms with van der Waals surface area (Å²) in [5.74, 6) is 0. The van der Waals surface area contributed by atoms with Crippen LogP contribution in [-0.4, -0.2) is 62.1 Å². The summed E-state index contributed by atoms with van der Waals surface area (Å²) in [6, 6.07) is 9.00. The van der Waals surface area contributed by atoms with E-state index in [2.05, 4.69) is 58.8 Å². The lowest BCUT2D eigenvalue weighted by Gasteiger charge is -2.37. The zero-order chi connectivity index (χ0) is 16.9. The molecule has 3 rings (SSSR count). The Hall–Kier alpha value is -1.59. The fraction of sp³-hybridized carbons (Fsp3) is 0.632. The highest BCUT2D eigenvalue weighted by molar-refractivity contribution is 5.74. The van der Waals surface area contributed by atoms with Crippen molar-refractivity contribution in [1.29, 1.82) is 0 Å². The maximum absolute atomic E-state index is 12.4. The van der Waals surface area contributed by atoms with Crippen LogP contribution in [0.4, 0.5) is 4.79 Å². The number of benzene rings is 1. The molecule has 2 aliphatic rings. The smallest absolute Gasteiger partial charge is 0.315 e. The highest BCUT2D eigenvalue weighted by atomic mass is 16.2.